The van der Waals surface area contributed by atoms with E-state index >= 15 is 0 Å². The summed E-state index contributed by atoms with van der Waals surface area (Å²) in [6, 6.07) is 7.66. The zero-order chi connectivity index (χ0) is 12.3. The van der Waals surface area contributed by atoms with Crippen LogP contribution in [0.3, 0.4) is 0 Å². The molecule has 0 N–H and O–H groups in total. The first-order valence-corrected chi connectivity index (χ1v) is 6.49. The Morgan fingerprint density at radius 2 is 1.65 bits per heavy atom. The van der Waals surface area contributed by atoms with Crippen LogP contribution in [0.15, 0.2) is 24.3 Å². The molecule has 0 aliphatic heterocycles. The average Bonchev–Trinajstić information content (AvgIpc) is 2.36. The van der Waals surface area contributed by atoms with E-state index in [0.29, 0.717) is 5.75 Å². The SMILES string of the molecule is CCCCCCCCc1ccc(O[C]=O)cc1. The molecule has 17 heavy (non-hydrogen) atoms. The van der Waals surface area contributed by atoms with Crippen LogP contribution in [0.25, 0.3) is 0 Å². The maximum atomic E-state index is 10.0. The van der Waals surface area contributed by atoms with Gasteiger partial charge < -0.3 is 4.74 Å². The molecule has 2 heteroatoms. The van der Waals surface area contributed by atoms with E-state index in [1.165, 1.54) is 50.6 Å². The molecule has 1 aromatic rings. The molecule has 1 radical (unpaired) electrons. The minimum Gasteiger partial charge on any atom is -0.418 e. The fourth-order valence-electron chi connectivity index (χ4n) is 1.88. The van der Waals surface area contributed by atoms with Crippen molar-refractivity contribution in [1.82, 2.24) is 0 Å². The second kappa shape index (κ2) is 8.80. The molecule has 0 saturated heterocycles. The van der Waals surface area contributed by atoms with Crippen LogP contribution in [-0.2, 0) is 11.2 Å². The van der Waals surface area contributed by atoms with Gasteiger partial charge in [0.05, 0.1) is 0 Å². The Morgan fingerprint density at radius 3 is 2.29 bits per heavy atom. The van der Waals surface area contributed by atoms with Gasteiger partial charge in [-0.05, 0) is 30.5 Å². The molecule has 1 rings (SSSR count). The maximum Gasteiger partial charge on any atom is 0.423 e. The van der Waals surface area contributed by atoms with Crippen LogP contribution in [-0.4, -0.2) is 6.47 Å². The molecule has 0 saturated carbocycles. The summed E-state index contributed by atoms with van der Waals surface area (Å²) in [6.45, 7) is 3.66. The second-order valence-corrected chi connectivity index (χ2v) is 4.35. The molecule has 0 spiro atoms. The Labute approximate surface area is 104 Å². The second-order valence-electron chi connectivity index (χ2n) is 4.35. The molecular formula is C15H21O2. The van der Waals surface area contributed by atoms with Crippen molar-refractivity contribution in [3.8, 4) is 5.75 Å². The van der Waals surface area contributed by atoms with Crippen molar-refractivity contribution in [2.75, 3.05) is 0 Å². The summed E-state index contributed by atoms with van der Waals surface area (Å²) in [6.07, 6.45) is 9.01. The lowest BCUT2D eigenvalue weighted by Gasteiger charge is -2.03. The third kappa shape index (κ3) is 6.10. The zero-order valence-corrected chi connectivity index (χ0v) is 10.6. The number of hydrogen-bond donors (Lipinski definition) is 0. The molecule has 0 bridgehead atoms. The van der Waals surface area contributed by atoms with Crippen LogP contribution >= 0.6 is 0 Å². The topological polar surface area (TPSA) is 26.3 Å². The van der Waals surface area contributed by atoms with Gasteiger partial charge in [0.15, 0.2) is 0 Å². The largest absolute Gasteiger partial charge is 0.423 e. The fourth-order valence-corrected chi connectivity index (χ4v) is 1.88. The first-order valence-electron chi connectivity index (χ1n) is 6.49. The van der Waals surface area contributed by atoms with E-state index in [9.17, 15) is 4.79 Å². The van der Waals surface area contributed by atoms with Gasteiger partial charge in [0.1, 0.15) is 5.75 Å². The Kier molecular flexibility index (Phi) is 7.12. The number of hydrogen-bond acceptors (Lipinski definition) is 2. The lowest BCUT2D eigenvalue weighted by atomic mass is 10.1. The molecular weight excluding hydrogens is 212 g/mol. The number of ether oxygens (including phenoxy) is 1. The van der Waals surface area contributed by atoms with Crippen molar-refractivity contribution in [3.63, 3.8) is 0 Å². The van der Waals surface area contributed by atoms with E-state index < -0.39 is 0 Å². The van der Waals surface area contributed by atoms with E-state index in [1.54, 1.807) is 0 Å². The monoisotopic (exact) mass is 233 g/mol. The van der Waals surface area contributed by atoms with Crippen LogP contribution in [0.4, 0.5) is 0 Å². The molecule has 0 aliphatic rings. The summed E-state index contributed by atoms with van der Waals surface area (Å²) >= 11 is 0. The van der Waals surface area contributed by atoms with Gasteiger partial charge >= 0.3 is 6.47 Å². The molecule has 0 fully saturated rings. The standard InChI is InChI=1S/C15H21O2/c1-2-3-4-5-6-7-8-14-9-11-15(12-10-14)17-13-16/h9-12H,2-8H2,1H3. The summed E-state index contributed by atoms with van der Waals surface area (Å²) in [5.41, 5.74) is 1.30. The van der Waals surface area contributed by atoms with Crippen molar-refractivity contribution in [1.29, 1.82) is 0 Å². The summed E-state index contributed by atoms with van der Waals surface area (Å²) in [5, 5.41) is 0. The van der Waals surface area contributed by atoms with Crippen LogP contribution < -0.4 is 4.74 Å². The predicted molar refractivity (Wildman–Crippen MR) is 69.8 cm³/mol. The average molecular weight is 233 g/mol. The van der Waals surface area contributed by atoms with Crippen molar-refractivity contribution < 1.29 is 9.53 Å². The van der Waals surface area contributed by atoms with Gasteiger partial charge in [0.25, 0.3) is 0 Å². The smallest absolute Gasteiger partial charge is 0.418 e. The highest BCUT2D eigenvalue weighted by Crippen LogP contribution is 2.14. The minimum atomic E-state index is 0.562. The quantitative estimate of drug-likeness (QED) is 0.602. The number of aryl methyl sites for hydroxylation is 1. The van der Waals surface area contributed by atoms with Crippen LogP contribution in [0.1, 0.15) is 51.0 Å². The van der Waals surface area contributed by atoms with E-state index in [4.69, 9.17) is 0 Å². The Hall–Kier alpha value is -1.31. The molecule has 93 valence electrons. The Bertz CT molecular complexity index is 303. The van der Waals surface area contributed by atoms with Crippen LogP contribution in [0.5, 0.6) is 5.75 Å². The van der Waals surface area contributed by atoms with Gasteiger partial charge in [0, 0.05) is 0 Å². The molecule has 0 aromatic heterocycles. The highest BCUT2D eigenvalue weighted by molar-refractivity contribution is 5.46. The van der Waals surface area contributed by atoms with Gasteiger partial charge in [-0.15, -0.1) is 0 Å². The lowest BCUT2D eigenvalue weighted by Crippen LogP contribution is -1.90. The molecule has 0 atom stereocenters. The first-order chi connectivity index (χ1) is 8.36. The molecule has 1 aromatic carbocycles. The fraction of sp³-hybridized carbons (Fsp3) is 0.533. The van der Waals surface area contributed by atoms with E-state index in [0.717, 1.165) is 6.42 Å². The van der Waals surface area contributed by atoms with Gasteiger partial charge in [-0.1, -0.05) is 51.2 Å². The lowest BCUT2D eigenvalue weighted by molar-refractivity contribution is 0.442. The highest BCUT2D eigenvalue weighted by atomic mass is 16.5. The Balaban J connectivity index is 2.16. The number of rotatable bonds is 9. The van der Waals surface area contributed by atoms with E-state index in [-0.39, 0.29) is 0 Å². The highest BCUT2D eigenvalue weighted by Gasteiger charge is 1.96. The summed E-state index contributed by atoms with van der Waals surface area (Å²) in [5.74, 6) is 0.562. The van der Waals surface area contributed by atoms with E-state index in [2.05, 4.69) is 11.7 Å². The molecule has 2 nitrogen and oxygen atoms in total. The van der Waals surface area contributed by atoms with Crippen molar-refractivity contribution in [2.24, 2.45) is 0 Å². The molecule has 0 unspecified atom stereocenters. The van der Waals surface area contributed by atoms with Gasteiger partial charge in [0.2, 0.25) is 0 Å². The van der Waals surface area contributed by atoms with Crippen molar-refractivity contribution in [2.45, 2.75) is 51.9 Å². The van der Waals surface area contributed by atoms with Gasteiger partial charge in [-0.3, -0.25) is 0 Å². The molecule has 0 heterocycles. The van der Waals surface area contributed by atoms with Crippen LogP contribution in [0, 0.1) is 0 Å². The van der Waals surface area contributed by atoms with Crippen LogP contribution in [0.2, 0.25) is 0 Å². The minimum absolute atomic E-state index is 0.562. The summed E-state index contributed by atoms with van der Waals surface area (Å²) in [7, 11) is 0. The Morgan fingerprint density at radius 1 is 1.00 bits per heavy atom. The van der Waals surface area contributed by atoms with Gasteiger partial charge in [-0.25, -0.2) is 4.79 Å². The number of benzene rings is 1. The summed E-state index contributed by atoms with van der Waals surface area (Å²) in [4.78, 5) is 10.0. The zero-order valence-electron chi connectivity index (χ0n) is 10.6. The summed E-state index contributed by atoms with van der Waals surface area (Å²) < 4.78 is 4.63. The first kappa shape index (κ1) is 13.8. The predicted octanol–water partition coefficient (Wildman–Crippen LogP) is 4.04. The number of unbranched alkanes of at least 4 members (excludes halogenated alkanes) is 5. The normalized spacial score (nSPS) is 10.2. The van der Waals surface area contributed by atoms with Gasteiger partial charge in [-0.2, -0.15) is 0 Å². The number of carbonyl (C=O) groups excluding carboxylic acids is 1. The maximum absolute atomic E-state index is 10.0. The van der Waals surface area contributed by atoms with E-state index in [1.807, 2.05) is 24.3 Å². The third-order valence-corrected chi connectivity index (χ3v) is 2.90. The molecule has 0 amide bonds. The van der Waals surface area contributed by atoms with Crippen molar-refractivity contribution >= 4 is 6.47 Å². The third-order valence-electron chi connectivity index (χ3n) is 2.90. The molecule has 0 aliphatic carbocycles. The van der Waals surface area contributed by atoms with Crippen molar-refractivity contribution in [3.05, 3.63) is 29.8 Å².